The molecule has 0 aromatic carbocycles. The molecular weight excluding hydrogens is 336 g/mol. The monoisotopic (exact) mass is 367 g/mol. The highest BCUT2D eigenvalue weighted by Gasteiger charge is 2.84. The zero-order valence-corrected chi connectivity index (χ0v) is 17.4. The first-order chi connectivity index (χ1) is 11.2. The number of rotatable bonds is 3. The fraction of sp³-hybridized carbons (Fsp3) is 0.889. The number of nitrogens with zero attached hydrogens (tertiary/aromatic N) is 2. The van der Waals surface area contributed by atoms with Crippen molar-refractivity contribution in [2.45, 2.75) is 76.8 Å². The number of ether oxygens (including phenoxy) is 1. The normalized spacial score (nSPS) is 39.3. The van der Waals surface area contributed by atoms with Gasteiger partial charge in [0.2, 0.25) is 5.39 Å². The van der Waals surface area contributed by atoms with Crippen LogP contribution in [0.25, 0.3) is 4.98 Å². The van der Waals surface area contributed by atoms with E-state index in [0.29, 0.717) is 13.0 Å². The smallest absolute Gasteiger partial charge is 0.472 e. The molecule has 0 aromatic rings. The van der Waals surface area contributed by atoms with Crippen molar-refractivity contribution in [1.29, 1.82) is 5.39 Å². The standard InChI is InChI=1S/C18H30N2O4Si/c1-15(2,3)25(6,7)23-10-17-9-8-11-16(4,5)14(17)18(11,22)12(20-19)13(21)24-17/h11,14,22H,8-10H2,1-7H3/p+1/t11-,14-,17-,18-/m1/s1. The second-order valence-electron chi connectivity index (χ2n) is 10.1. The Morgan fingerprint density at radius 3 is 2.44 bits per heavy atom. The number of fused-ring (bicyclic) bond motifs is 2. The van der Waals surface area contributed by atoms with E-state index in [-0.39, 0.29) is 28.0 Å². The van der Waals surface area contributed by atoms with Crippen molar-refractivity contribution in [3.8, 4) is 0 Å². The van der Waals surface area contributed by atoms with Gasteiger partial charge in [0, 0.05) is 11.8 Å². The Balaban J connectivity index is 1.99. The van der Waals surface area contributed by atoms with E-state index >= 15 is 0 Å². The van der Waals surface area contributed by atoms with Crippen molar-refractivity contribution in [2.75, 3.05) is 6.61 Å². The van der Waals surface area contributed by atoms with Crippen LogP contribution in [0.15, 0.2) is 11.6 Å². The summed E-state index contributed by atoms with van der Waals surface area (Å²) >= 11 is 0. The SMILES string of the molecule is CC1(C)[C@H]2CC[C@]3(CO[Si](C)(C)C(C)(C)C)OC(O)=C([N+]#N)[C@@]2(O)[C@H]13. The zero-order valence-electron chi connectivity index (χ0n) is 16.4. The largest absolute Gasteiger partial charge is 0.475 e. The number of aliphatic hydroxyl groups is 2. The molecule has 0 aromatic heterocycles. The lowest BCUT2D eigenvalue weighted by Crippen LogP contribution is -2.80. The lowest BCUT2D eigenvalue weighted by atomic mass is 9.35. The van der Waals surface area contributed by atoms with E-state index in [9.17, 15) is 15.6 Å². The van der Waals surface area contributed by atoms with Crippen molar-refractivity contribution in [2.24, 2.45) is 17.3 Å². The predicted octanol–water partition coefficient (Wildman–Crippen LogP) is 4.15. The van der Waals surface area contributed by atoms with Gasteiger partial charge in [0.25, 0.3) is 0 Å². The van der Waals surface area contributed by atoms with Gasteiger partial charge in [-0.3, -0.25) is 0 Å². The molecule has 2 fully saturated rings. The minimum Gasteiger partial charge on any atom is -0.475 e. The van der Waals surface area contributed by atoms with Crippen molar-refractivity contribution in [3.63, 3.8) is 0 Å². The Morgan fingerprint density at radius 1 is 1.36 bits per heavy atom. The van der Waals surface area contributed by atoms with Crippen LogP contribution in [0.2, 0.25) is 18.1 Å². The first kappa shape index (κ1) is 18.7. The molecule has 2 bridgehead atoms. The van der Waals surface area contributed by atoms with Crippen molar-refractivity contribution in [1.82, 2.24) is 0 Å². The summed E-state index contributed by atoms with van der Waals surface area (Å²) in [6.45, 7) is 15.4. The minimum atomic E-state index is -2.01. The molecular formula is C18H31N2O4Si+. The Morgan fingerprint density at radius 2 is 1.96 bits per heavy atom. The zero-order chi connectivity index (χ0) is 19.1. The number of hydrogen-bond acceptors (Lipinski definition) is 5. The number of diazo groups is 1. The van der Waals surface area contributed by atoms with Crippen LogP contribution in [0.1, 0.15) is 47.5 Å². The maximum Gasteiger partial charge on any atom is 0.472 e. The summed E-state index contributed by atoms with van der Waals surface area (Å²) in [6, 6.07) is 0. The molecule has 25 heavy (non-hydrogen) atoms. The van der Waals surface area contributed by atoms with Crippen molar-refractivity contribution >= 4 is 8.32 Å². The Kier molecular flexibility index (Phi) is 3.73. The van der Waals surface area contributed by atoms with Crippen LogP contribution in [-0.4, -0.2) is 36.3 Å². The Hall–Kier alpha value is -1.10. The van der Waals surface area contributed by atoms with E-state index in [1.54, 1.807) is 0 Å². The van der Waals surface area contributed by atoms with Gasteiger partial charge in [0.15, 0.2) is 18.9 Å². The molecule has 0 spiro atoms. The highest BCUT2D eigenvalue weighted by Crippen LogP contribution is 2.73. The van der Waals surface area contributed by atoms with Crippen LogP contribution in [0, 0.1) is 22.6 Å². The van der Waals surface area contributed by atoms with Crippen LogP contribution >= 0.6 is 0 Å². The average molecular weight is 368 g/mol. The van der Waals surface area contributed by atoms with Gasteiger partial charge in [-0.15, -0.1) is 0 Å². The second kappa shape index (κ2) is 4.99. The summed E-state index contributed by atoms with van der Waals surface area (Å²) < 4.78 is 12.4. The molecule has 7 heteroatoms. The Labute approximate surface area is 151 Å². The second-order valence-corrected chi connectivity index (χ2v) is 14.9. The molecule has 2 saturated carbocycles. The fourth-order valence-corrected chi connectivity index (χ4v) is 6.33. The van der Waals surface area contributed by atoms with E-state index in [4.69, 9.17) is 9.16 Å². The average Bonchev–Trinajstić information content (AvgIpc) is 2.43. The van der Waals surface area contributed by atoms with E-state index in [1.807, 2.05) is 0 Å². The topological polar surface area (TPSA) is 87.1 Å². The lowest BCUT2D eigenvalue weighted by Gasteiger charge is -2.71. The minimum absolute atomic E-state index is 0.0599. The maximum absolute atomic E-state index is 11.3. The van der Waals surface area contributed by atoms with Crippen LogP contribution < -0.4 is 0 Å². The van der Waals surface area contributed by atoms with Gasteiger partial charge in [-0.1, -0.05) is 34.6 Å². The van der Waals surface area contributed by atoms with Crippen LogP contribution in [0.3, 0.4) is 0 Å². The van der Waals surface area contributed by atoms with Gasteiger partial charge >= 0.3 is 11.6 Å². The molecule has 0 amide bonds. The third kappa shape index (κ3) is 2.17. The van der Waals surface area contributed by atoms with Crippen LogP contribution in [0.4, 0.5) is 0 Å². The van der Waals surface area contributed by atoms with Crippen molar-refractivity contribution in [3.05, 3.63) is 16.6 Å². The maximum atomic E-state index is 11.3. The van der Waals surface area contributed by atoms with Gasteiger partial charge in [-0.05, 0) is 36.4 Å². The van der Waals surface area contributed by atoms with Gasteiger partial charge < -0.3 is 19.4 Å². The van der Waals surface area contributed by atoms with Gasteiger partial charge in [0.05, 0.1) is 6.61 Å². The first-order valence-corrected chi connectivity index (χ1v) is 12.0. The molecule has 4 atom stereocenters. The van der Waals surface area contributed by atoms with Gasteiger partial charge in [0.1, 0.15) is 5.60 Å². The summed E-state index contributed by atoms with van der Waals surface area (Å²) in [5.74, 6) is -0.818. The third-order valence-corrected chi connectivity index (χ3v) is 11.9. The molecule has 2 N–H and O–H groups in total. The van der Waals surface area contributed by atoms with Gasteiger partial charge in [-0.2, -0.15) is 0 Å². The summed E-state index contributed by atoms with van der Waals surface area (Å²) in [5.41, 5.74) is -2.46. The summed E-state index contributed by atoms with van der Waals surface area (Å²) in [7, 11) is -2.01. The van der Waals surface area contributed by atoms with Crippen molar-refractivity contribution < 1.29 is 19.4 Å². The molecule has 140 valence electrons. The Bertz CT molecular complexity index is 676. The summed E-state index contributed by atoms with van der Waals surface area (Å²) in [4.78, 5) is 3.17. The van der Waals surface area contributed by atoms with Crippen LogP contribution in [0.5, 0.6) is 0 Å². The highest BCUT2D eigenvalue weighted by atomic mass is 28.4. The number of aliphatic hydroxyl groups excluding tert-OH is 1. The number of hydrogen-bond donors (Lipinski definition) is 2. The molecule has 6 nitrogen and oxygen atoms in total. The first-order valence-electron chi connectivity index (χ1n) is 9.08. The molecule has 0 unspecified atom stereocenters. The predicted molar refractivity (Wildman–Crippen MR) is 96.6 cm³/mol. The van der Waals surface area contributed by atoms with Gasteiger partial charge in [-0.25, -0.2) is 0 Å². The third-order valence-electron chi connectivity index (χ3n) is 7.46. The quantitative estimate of drug-likeness (QED) is 0.578. The highest BCUT2D eigenvalue weighted by molar-refractivity contribution is 6.74. The fourth-order valence-electron chi connectivity index (χ4n) is 5.30. The molecule has 0 saturated heterocycles. The van der Waals surface area contributed by atoms with E-state index in [1.165, 1.54) is 0 Å². The molecule has 1 aliphatic heterocycles. The molecule has 3 rings (SSSR count). The molecule has 3 aliphatic rings. The van der Waals surface area contributed by atoms with E-state index in [0.717, 1.165) is 6.42 Å². The molecule has 2 aliphatic carbocycles. The van der Waals surface area contributed by atoms with E-state index in [2.05, 4.69) is 52.7 Å². The lowest BCUT2D eigenvalue weighted by molar-refractivity contribution is -0.343. The van der Waals surface area contributed by atoms with E-state index < -0.39 is 25.5 Å². The van der Waals surface area contributed by atoms with Crippen LogP contribution in [-0.2, 0) is 9.16 Å². The molecule has 1 heterocycles. The summed E-state index contributed by atoms with van der Waals surface area (Å²) in [5, 5.41) is 31.0. The molecule has 0 radical (unpaired) electrons. The summed E-state index contributed by atoms with van der Waals surface area (Å²) in [6.07, 6.45) is 1.46.